The van der Waals surface area contributed by atoms with Gasteiger partial charge in [0.05, 0.1) is 6.54 Å². The van der Waals surface area contributed by atoms with Crippen LogP contribution in [0.1, 0.15) is 26.2 Å². The number of isocyanates is 2. The third-order valence-corrected chi connectivity index (χ3v) is 1.81. The van der Waals surface area contributed by atoms with Gasteiger partial charge >= 0.3 is 5.97 Å². The van der Waals surface area contributed by atoms with Crippen LogP contribution >= 0.6 is 0 Å². The summed E-state index contributed by atoms with van der Waals surface area (Å²) in [7, 11) is 0. The van der Waals surface area contributed by atoms with Gasteiger partial charge in [0.1, 0.15) is 12.6 Å². The summed E-state index contributed by atoms with van der Waals surface area (Å²) in [5.74, 6) is -0.572. The van der Waals surface area contributed by atoms with E-state index in [-0.39, 0.29) is 19.2 Å². The largest absolute Gasteiger partial charge is 0.461 e. The van der Waals surface area contributed by atoms with Crippen molar-refractivity contribution < 1.29 is 19.1 Å². The Hall–Kier alpha value is -1.77. The molecule has 0 aliphatic heterocycles. The second-order valence-corrected chi connectivity index (χ2v) is 3.07. The molecular weight excluding hydrogens is 212 g/mol. The molecule has 1 atom stereocenters. The van der Waals surface area contributed by atoms with Gasteiger partial charge in [-0.05, 0) is 6.42 Å². The summed E-state index contributed by atoms with van der Waals surface area (Å²) >= 11 is 0. The molecule has 0 N–H and O–H groups in total. The zero-order chi connectivity index (χ0) is 12.2. The Morgan fingerprint density at radius 2 is 1.94 bits per heavy atom. The highest BCUT2D eigenvalue weighted by Gasteiger charge is 2.12. The van der Waals surface area contributed by atoms with Crippen molar-refractivity contribution in [2.75, 3.05) is 13.1 Å². The van der Waals surface area contributed by atoms with Gasteiger partial charge in [-0.1, -0.05) is 13.3 Å². The minimum atomic E-state index is -0.572. The lowest BCUT2D eigenvalue weighted by atomic mass is 10.1. The number of aliphatic imine (C=N–C) groups is 2. The van der Waals surface area contributed by atoms with E-state index in [1.54, 1.807) is 0 Å². The van der Waals surface area contributed by atoms with Crippen molar-refractivity contribution in [1.29, 1.82) is 0 Å². The summed E-state index contributed by atoms with van der Waals surface area (Å²) in [5.41, 5.74) is 0. The number of carbonyl (C=O) groups is 1. The number of esters is 1. The molecule has 16 heavy (non-hydrogen) atoms. The molecule has 0 bridgehead atoms. The van der Waals surface area contributed by atoms with Crippen molar-refractivity contribution in [3.8, 4) is 0 Å². The Morgan fingerprint density at radius 1 is 1.25 bits per heavy atom. The van der Waals surface area contributed by atoms with Crippen LogP contribution in [-0.2, 0) is 19.1 Å². The average molecular weight is 226 g/mol. The zero-order valence-electron chi connectivity index (χ0n) is 9.14. The Balaban J connectivity index is 4.04. The highest BCUT2D eigenvalue weighted by atomic mass is 16.5. The fourth-order valence-electron chi connectivity index (χ4n) is 1.16. The first-order valence-electron chi connectivity index (χ1n) is 5.01. The molecule has 1 unspecified atom stereocenters. The molecule has 0 fully saturated rings. The van der Waals surface area contributed by atoms with Crippen LogP contribution in [0, 0.1) is 0 Å². The number of nitrogens with zero attached hydrogens (tertiary/aromatic N) is 2. The van der Waals surface area contributed by atoms with Gasteiger partial charge in [-0.3, -0.25) is 4.79 Å². The maximum atomic E-state index is 11.1. The van der Waals surface area contributed by atoms with Crippen LogP contribution in [-0.4, -0.2) is 37.3 Å². The van der Waals surface area contributed by atoms with Gasteiger partial charge in [0, 0.05) is 6.42 Å². The molecule has 0 spiro atoms. The Labute approximate surface area is 93.4 Å². The maximum Gasteiger partial charge on any atom is 0.328 e. The summed E-state index contributed by atoms with van der Waals surface area (Å²) in [6, 6.07) is 0. The molecule has 0 aromatic heterocycles. The van der Waals surface area contributed by atoms with Crippen LogP contribution in [0.4, 0.5) is 0 Å². The van der Waals surface area contributed by atoms with E-state index < -0.39 is 5.97 Å². The van der Waals surface area contributed by atoms with E-state index in [1.165, 1.54) is 12.2 Å². The highest BCUT2D eigenvalue weighted by molar-refractivity contribution is 5.72. The third-order valence-electron chi connectivity index (χ3n) is 1.81. The minimum absolute atomic E-state index is 0.276. The Morgan fingerprint density at radius 3 is 2.50 bits per heavy atom. The van der Waals surface area contributed by atoms with Crippen LogP contribution in [0.25, 0.3) is 0 Å². The lowest BCUT2D eigenvalue weighted by molar-refractivity contribution is -0.147. The van der Waals surface area contributed by atoms with Gasteiger partial charge in [0.15, 0.2) is 0 Å². The van der Waals surface area contributed by atoms with E-state index in [1.807, 2.05) is 6.92 Å². The second-order valence-electron chi connectivity index (χ2n) is 3.07. The van der Waals surface area contributed by atoms with Crippen molar-refractivity contribution in [2.45, 2.75) is 32.3 Å². The normalized spacial score (nSPS) is 10.8. The number of hydrogen-bond acceptors (Lipinski definition) is 6. The van der Waals surface area contributed by atoms with E-state index in [9.17, 15) is 14.4 Å². The summed E-state index contributed by atoms with van der Waals surface area (Å²) in [4.78, 5) is 37.2. The van der Waals surface area contributed by atoms with E-state index in [2.05, 4.69) is 9.98 Å². The average Bonchev–Trinajstić information content (AvgIpc) is 2.27. The van der Waals surface area contributed by atoms with Crippen LogP contribution in [0.2, 0.25) is 0 Å². The van der Waals surface area contributed by atoms with Crippen molar-refractivity contribution in [2.24, 2.45) is 9.98 Å². The summed E-state index contributed by atoms with van der Waals surface area (Å²) < 4.78 is 5.04. The molecule has 0 aliphatic rings. The standard InChI is InChI=1S/C10H14N2O4/c1-2-3-9(4-5-11-7-13)16-10(15)6-12-8-14/h9H,2-6H2,1H3. The van der Waals surface area contributed by atoms with Crippen molar-refractivity contribution in [3.63, 3.8) is 0 Å². The van der Waals surface area contributed by atoms with E-state index in [0.717, 1.165) is 6.42 Å². The van der Waals surface area contributed by atoms with Crippen molar-refractivity contribution in [3.05, 3.63) is 0 Å². The van der Waals surface area contributed by atoms with Gasteiger partial charge in [-0.15, -0.1) is 0 Å². The van der Waals surface area contributed by atoms with Crippen molar-refractivity contribution >= 4 is 18.1 Å². The SMILES string of the molecule is CCCC(CCN=C=O)OC(=O)CN=C=O. The fourth-order valence-corrected chi connectivity index (χ4v) is 1.16. The van der Waals surface area contributed by atoms with Crippen LogP contribution in [0.5, 0.6) is 0 Å². The first-order valence-corrected chi connectivity index (χ1v) is 5.01. The van der Waals surface area contributed by atoms with E-state index >= 15 is 0 Å². The number of rotatable bonds is 8. The smallest absolute Gasteiger partial charge is 0.328 e. The minimum Gasteiger partial charge on any atom is -0.461 e. The third kappa shape index (κ3) is 7.62. The van der Waals surface area contributed by atoms with Gasteiger partial charge in [0.2, 0.25) is 12.2 Å². The number of ether oxygens (including phenoxy) is 1. The molecule has 88 valence electrons. The fraction of sp³-hybridized carbons (Fsp3) is 0.700. The molecule has 6 nitrogen and oxygen atoms in total. The first kappa shape index (κ1) is 14.2. The molecular formula is C10H14N2O4. The highest BCUT2D eigenvalue weighted by Crippen LogP contribution is 2.07. The maximum absolute atomic E-state index is 11.1. The van der Waals surface area contributed by atoms with Crippen LogP contribution in [0.15, 0.2) is 9.98 Å². The molecule has 0 amide bonds. The second kappa shape index (κ2) is 9.77. The van der Waals surface area contributed by atoms with E-state index in [4.69, 9.17) is 4.74 Å². The number of hydrogen-bond donors (Lipinski definition) is 0. The van der Waals surface area contributed by atoms with Gasteiger partial charge in [0.25, 0.3) is 0 Å². The zero-order valence-corrected chi connectivity index (χ0v) is 9.14. The van der Waals surface area contributed by atoms with Crippen molar-refractivity contribution in [1.82, 2.24) is 0 Å². The van der Waals surface area contributed by atoms with Crippen LogP contribution < -0.4 is 0 Å². The topological polar surface area (TPSA) is 85.2 Å². The molecule has 0 aliphatic carbocycles. The summed E-state index contributed by atoms with van der Waals surface area (Å²) in [6.45, 7) is 1.91. The quantitative estimate of drug-likeness (QED) is 0.347. The molecule has 0 saturated heterocycles. The van der Waals surface area contributed by atoms with Gasteiger partial charge in [-0.25, -0.2) is 14.6 Å². The molecule has 0 rings (SSSR count). The first-order chi connectivity index (χ1) is 7.74. The molecule has 0 aromatic carbocycles. The predicted molar refractivity (Wildman–Crippen MR) is 55.4 cm³/mol. The molecule has 0 radical (unpaired) electrons. The summed E-state index contributed by atoms with van der Waals surface area (Å²) in [6.07, 6.45) is 4.39. The van der Waals surface area contributed by atoms with Gasteiger partial charge < -0.3 is 4.74 Å². The monoisotopic (exact) mass is 226 g/mol. The molecule has 6 heteroatoms. The molecule has 0 heterocycles. The Kier molecular flexibility index (Phi) is 8.69. The van der Waals surface area contributed by atoms with Crippen LogP contribution in [0.3, 0.4) is 0 Å². The lowest BCUT2D eigenvalue weighted by Crippen LogP contribution is -2.20. The summed E-state index contributed by atoms with van der Waals surface area (Å²) in [5, 5.41) is 0. The van der Waals surface area contributed by atoms with Gasteiger partial charge in [-0.2, -0.15) is 4.99 Å². The number of carbonyl (C=O) groups excluding carboxylic acids is 3. The molecule has 0 aromatic rings. The predicted octanol–water partition coefficient (Wildman–Crippen LogP) is 0.760. The lowest BCUT2D eigenvalue weighted by Gasteiger charge is -2.14. The molecule has 0 saturated carbocycles. The van der Waals surface area contributed by atoms with E-state index in [0.29, 0.717) is 12.8 Å². The Bertz CT molecular complexity index is 304.